The number of aliphatic hydroxyl groups excluding tert-OH is 1. The van der Waals surface area contributed by atoms with Crippen LogP contribution in [0.3, 0.4) is 0 Å². The molecule has 0 spiro atoms. The molecular weight excluding hydrogens is 246 g/mol. The van der Waals surface area contributed by atoms with E-state index < -0.39 is 6.10 Å². The first-order valence-corrected chi connectivity index (χ1v) is 7.21. The van der Waals surface area contributed by atoms with Crippen LogP contribution in [0.1, 0.15) is 33.6 Å². The van der Waals surface area contributed by atoms with E-state index in [9.17, 15) is 9.90 Å². The molecule has 0 aromatic rings. The number of β-amino-alcohol motifs (C(OH)–C–C–N with tert-alkyl or cyclic N) is 1. The minimum atomic E-state index is -0.457. The maximum atomic E-state index is 11.6. The second-order valence-electron chi connectivity index (χ2n) is 5.36. The maximum Gasteiger partial charge on any atom is 0.309 e. The lowest BCUT2D eigenvalue weighted by atomic mass is 9.97. The second kappa shape index (κ2) is 8.51. The zero-order valence-electron chi connectivity index (χ0n) is 12.3. The van der Waals surface area contributed by atoms with E-state index in [1.807, 2.05) is 20.8 Å². The van der Waals surface area contributed by atoms with Crippen molar-refractivity contribution in [2.75, 3.05) is 32.8 Å². The van der Waals surface area contributed by atoms with Crippen LogP contribution < -0.4 is 0 Å². The van der Waals surface area contributed by atoms with Crippen LogP contribution in [0.15, 0.2) is 0 Å². The number of ether oxygens (including phenoxy) is 2. The van der Waals surface area contributed by atoms with Gasteiger partial charge in [0.1, 0.15) is 0 Å². The first-order valence-electron chi connectivity index (χ1n) is 7.21. The number of aliphatic hydroxyl groups is 1. The van der Waals surface area contributed by atoms with Crippen LogP contribution in [0.2, 0.25) is 0 Å². The van der Waals surface area contributed by atoms with Gasteiger partial charge in [0.05, 0.1) is 31.3 Å². The summed E-state index contributed by atoms with van der Waals surface area (Å²) in [4.78, 5) is 13.8. The topological polar surface area (TPSA) is 59.0 Å². The summed E-state index contributed by atoms with van der Waals surface area (Å²) in [5, 5.41) is 9.85. The van der Waals surface area contributed by atoms with Crippen LogP contribution in [0, 0.1) is 5.92 Å². The predicted octanol–water partition coefficient (Wildman–Crippen LogP) is 1.05. The van der Waals surface area contributed by atoms with E-state index in [-0.39, 0.29) is 18.0 Å². The lowest BCUT2D eigenvalue weighted by Crippen LogP contribution is -2.42. The highest BCUT2D eigenvalue weighted by molar-refractivity contribution is 5.72. The van der Waals surface area contributed by atoms with Crippen molar-refractivity contribution >= 4 is 5.97 Å². The molecule has 0 unspecified atom stereocenters. The van der Waals surface area contributed by atoms with Crippen LogP contribution in [-0.4, -0.2) is 61.0 Å². The Labute approximate surface area is 115 Å². The standard InChI is InChI=1S/C14H27NO4/c1-4-18-14(17)12-5-7-15(8-6-12)9-13(16)10-19-11(2)3/h11-13,16H,4-10H2,1-3H3/t13-/m0/s1. The lowest BCUT2D eigenvalue weighted by molar-refractivity contribution is -0.149. The number of nitrogens with zero attached hydrogens (tertiary/aromatic N) is 1. The molecule has 5 heteroatoms. The number of esters is 1. The van der Waals surface area contributed by atoms with E-state index in [0.29, 0.717) is 19.8 Å². The number of likely N-dealkylation sites (tertiary alicyclic amines) is 1. The number of carbonyl (C=O) groups is 1. The predicted molar refractivity (Wildman–Crippen MR) is 72.9 cm³/mol. The molecule has 0 aromatic heterocycles. The van der Waals surface area contributed by atoms with Gasteiger partial charge in [0, 0.05) is 6.54 Å². The Morgan fingerprint density at radius 2 is 2.00 bits per heavy atom. The van der Waals surface area contributed by atoms with Gasteiger partial charge in [-0.1, -0.05) is 0 Å². The highest BCUT2D eigenvalue weighted by Gasteiger charge is 2.26. The molecule has 1 heterocycles. The third-order valence-corrected chi connectivity index (χ3v) is 3.30. The van der Waals surface area contributed by atoms with Crippen LogP contribution in [0.25, 0.3) is 0 Å². The van der Waals surface area contributed by atoms with Gasteiger partial charge in [0.25, 0.3) is 0 Å². The zero-order chi connectivity index (χ0) is 14.3. The molecule has 1 fully saturated rings. The van der Waals surface area contributed by atoms with E-state index >= 15 is 0 Å². The molecule has 0 amide bonds. The third kappa shape index (κ3) is 6.36. The average molecular weight is 273 g/mol. The normalized spacial score (nSPS) is 19.6. The Bertz CT molecular complexity index is 262. The SMILES string of the molecule is CCOC(=O)C1CCN(C[C@H](O)COC(C)C)CC1. The number of piperidine rings is 1. The van der Waals surface area contributed by atoms with Gasteiger partial charge in [-0.05, 0) is 46.7 Å². The molecular formula is C14H27NO4. The van der Waals surface area contributed by atoms with Crippen LogP contribution in [-0.2, 0) is 14.3 Å². The van der Waals surface area contributed by atoms with Crippen molar-refractivity contribution in [2.45, 2.75) is 45.8 Å². The molecule has 1 aliphatic rings. The van der Waals surface area contributed by atoms with Crippen LogP contribution in [0.5, 0.6) is 0 Å². The molecule has 0 aliphatic carbocycles. The van der Waals surface area contributed by atoms with Crippen molar-refractivity contribution in [3.8, 4) is 0 Å². The van der Waals surface area contributed by atoms with Gasteiger partial charge >= 0.3 is 5.97 Å². The lowest BCUT2D eigenvalue weighted by Gasteiger charge is -2.32. The van der Waals surface area contributed by atoms with Crippen LogP contribution >= 0.6 is 0 Å². The quantitative estimate of drug-likeness (QED) is 0.703. The van der Waals surface area contributed by atoms with E-state index in [4.69, 9.17) is 9.47 Å². The van der Waals surface area contributed by atoms with Gasteiger partial charge in [-0.2, -0.15) is 0 Å². The van der Waals surface area contributed by atoms with Crippen molar-refractivity contribution < 1.29 is 19.4 Å². The van der Waals surface area contributed by atoms with Gasteiger partial charge in [-0.3, -0.25) is 4.79 Å². The van der Waals surface area contributed by atoms with E-state index in [0.717, 1.165) is 25.9 Å². The van der Waals surface area contributed by atoms with Crippen molar-refractivity contribution in [2.24, 2.45) is 5.92 Å². The molecule has 112 valence electrons. The smallest absolute Gasteiger partial charge is 0.309 e. The summed E-state index contributed by atoms with van der Waals surface area (Å²) >= 11 is 0. The van der Waals surface area contributed by atoms with E-state index in [1.54, 1.807) is 0 Å². The monoisotopic (exact) mass is 273 g/mol. The summed E-state index contributed by atoms with van der Waals surface area (Å²) in [6, 6.07) is 0. The summed E-state index contributed by atoms with van der Waals surface area (Å²) in [5.41, 5.74) is 0. The number of carbonyl (C=O) groups excluding carboxylic acids is 1. The molecule has 0 saturated carbocycles. The fraction of sp³-hybridized carbons (Fsp3) is 0.929. The first-order chi connectivity index (χ1) is 9.02. The van der Waals surface area contributed by atoms with Gasteiger partial charge in [0.2, 0.25) is 0 Å². The van der Waals surface area contributed by atoms with Crippen LogP contribution in [0.4, 0.5) is 0 Å². The van der Waals surface area contributed by atoms with Gasteiger partial charge in [0.15, 0.2) is 0 Å². The summed E-state index contributed by atoms with van der Waals surface area (Å²) < 4.78 is 10.4. The third-order valence-electron chi connectivity index (χ3n) is 3.30. The summed E-state index contributed by atoms with van der Waals surface area (Å²) in [6.45, 7) is 8.85. The van der Waals surface area contributed by atoms with Gasteiger partial charge < -0.3 is 19.5 Å². The summed E-state index contributed by atoms with van der Waals surface area (Å²) in [5.74, 6) is -0.0499. The molecule has 1 rings (SSSR count). The Morgan fingerprint density at radius 3 is 2.53 bits per heavy atom. The number of hydrogen-bond acceptors (Lipinski definition) is 5. The molecule has 1 saturated heterocycles. The summed E-state index contributed by atoms with van der Waals surface area (Å²) in [6.07, 6.45) is 1.32. The second-order valence-corrected chi connectivity index (χ2v) is 5.36. The number of rotatable bonds is 7. The molecule has 0 bridgehead atoms. The van der Waals surface area contributed by atoms with E-state index in [1.165, 1.54) is 0 Å². The zero-order valence-corrected chi connectivity index (χ0v) is 12.3. The highest BCUT2D eigenvalue weighted by atomic mass is 16.5. The van der Waals surface area contributed by atoms with Crippen molar-refractivity contribution in [3.05, 3.63) is 0 Å². The van der Waals surface area contributed by atoms with E-state index in [2.05, 4.69) is 4.90 Å². The highest BCUT2D eigenvalue weighted by Crippen LogP contribution is 2.18. The van der Waals surface area contributed by atoms with Gasteiger partial charge in [-0.15, -0.1) is 0 Å². The fourth-order valence-corrected chi connectivity index (χ4v) is 2.27. The largest absolute Gasteiger partial charge is 0.466 e. The number of hydrogen-bond donors (Lipinski definition) is 1. The molecule has 1 atom stereocenters. The van der Waals surface area contributed by atoms with Crippen molar-refractivity contribution in [3.63, 3.8) is 0 Å². The molecule has 1 aliphatic heterocycles. The van der Waals surface area contributed by atoms with Crippen molar-refractivity contribution in [1.29, 1.82) is 0 Å². The minimum Gasteiger partial charge on any atom is -0.466 e. The summed E-state index contributed by atoms with van der Waals surface area (Å²) in [7, 11) is 0. The minimum absolute atomic E-state index is 0.0280. The van der Waals surface area contributed by atoms with Crippen molar-refractivity contribution in [1.82, 2.24) is 4.90 Å². The Morgan fingerprint density at radius 1 is 1.37 bits per heavy atom. The average Bonchev–Trinajstić information content (AvgIpc) is 2.37. The Kier molecular flexibility index (Phi) is 7.34. The molecule has 5 nitrogen and oxygen atoms in total. The molecule has 0 radical (unpaired) electrons. The molecule has 19 heavy (non-hydrogen) atoms. The Balaban J connectivity index is 2.20. The van der Waals surface area contributed by atoms with Gasteiger partial charge in [-0.25, -0.2) is 0 Å². The Hall–Kier alpha value is -0.650. The maximum absolute atomic E-state index is 11.6. The first kappa shape index (κ1) is 16.4. The fourth-order valence-electron chi connectivity index (χ4n) is 2.27. The molecule has 0 aromatic carbocycles. The molecule has 1 N–H and O–H groups in total.